The lowest BCUT2D eigenvalue weighted by molar-refractivity contribution is -0.138. The highest BCUT2D eigenvalue weighted by Crippen LogP contribution is 2.11. The molecule has 0 heterocycles. The number of carbonyl (C=O) groups excluding carboxylic acids is 2. The number of hydrogen-bond acceptors (Lipinski definition) is 5. The summed E-state index contributed by atoms with van der Waals surface area (Å²) in [7, 11) is 0. The molecular weight excluding hydrogens is 278 g/mol. The molecule has 21 heavy (non-hydrogen) atoms. The van der Waals surface area contributed by atoms with Gasteiger partial charge in [-0.3, -0.25) is 14.4 Å². The summed E-state index contributed by atoms with van der Waals surface area (Å²) in [5.74, 6) is -2.25. The number of carboxylic acids is 1. The van der Waals surface area contributed by atoms with Crippen LogP contribution >= 0.6 is 0 Å². The maximum Gasteiger partial charge on any atom is 0.322 e. The predicted molar refractivity (Wildman–Crippen MR) is 73.4 cm³/mol. The average Bonchev–Trinajstić information content (AvgIpc) is 2.46. The van der Waals surface area contributed by atoms with Gasteiger partial charge in [-0.05, 0) is 17.7 Å². The summed E-state index contributed by atoms with van der Waals surface area (Å²) < 4.78 is 0. The van der Waals surface area contributed by atoms with Crippen molar-refractivity contribution < 1.29 is 24.6 Å². The quantitative estimate of drug-likeness (QED) is 0.418. The molecule has 0 aliphatic rings. The van der Waals surface area contributed by atoms with Gasteiger partial charge in [0.25, 0.3) is 0 Å². The molecule has 2 amide bonds. The topological polar surface area (TPSA) is 142 Å². The minimum Gasteiger partial charge on any atom is -0.508 e. The summed E-state index contributed by atoms with van der Waals surface area (Å²) in [5, 5.41) is 22.4. The molecule has 1 aromatic carbocycles. The lowest BCUT2D eigenvalue weighted by Gasteiger charge is -2.17. The smallest absolute Gasteiger partial charge is 0.322 e. The highest BCUT2D eigenvalue weighted by atomic mass is 16.4. The number of benzene rings is 1. The first-order chi connectivity index (χ1) is 9.92. The lowest BCUT2D eigenvalue weighted by Crippen LogP contribution is -2.50. The monoisotopic (exact) mass is 295 g/mol. The van der Waals surface area contributed by atoms with Crippen LogP contribution in [0.4, 0.5) is 0 Å². The SMILES string of the molecule is NCC(=O)NC(Cc1ccc(O)cc1)C(=O)NCC(=O)O. The predicted octanol–water partition coefficient (Wildman–Crippen LogP) is -1.42. The molecule has 8 nitrogen and oxygen atoms in total. The molecular formula is C13H17N3O5. The van der Waals surface area contributed by atoms with Gasteiger partial charge in [-0.2, -0.15) is 0 Å². The van der Waals surface area contributed by atoms with E-state index in [4.69, 9.17) is 10.8 Å². The molecule has 0 aliphatic heterocycles. The first kappa shape index (κ1) is 16.4. The largest absolute Gasteiger partial charge is 0.508 e. The maximum atomic E-state index is 11.9. The summed E-state index contributed by atoms with van der Waals surface area (Å²) in [5.41, 5.74) is 5.88. The Balaban J connectivity index is 2.75. The van der Waals surface area contributed by atoms with Gasteiger partial charge in [0, 0.05) is 6.42 Å². The third-order valence-corrected chi connectivity index (χ3v) is 2.63. The number of amides is 2. The molecule has 1 rings (SSSR count). The Labute approximate surface area is 120 Å². The van der Waals surface area contributed by atoms with Gasteiger partial charge in [0.15, 0.2) is 0 Å². The van der Waals surface area contributed by atoms with E-state index in [2.05, 4.69) is 10.6 Å². The molecule has 0 bridgehead atoms. The van der Waals surface area contributed by atoms with Crippen LogP contribution in [0.25, 0.3) is 0 Å². The van der Waals surface area contributed by atoms with Crippen molar-refractivity contribution in [3.05, 3.63) is 29.8 Å². The van der Waals surface area contributed by atoms with Crippen LogP contribution in [0.1, 0.15) is 5.56 Å². The van der Waals surface area contributed by atoms with E-state index in [1.807, 2.05) is 0 Å². The molecule has 0 aromatic heterocycles. The van der Waals surface area contributed by atoms with Gasteiger partial charge in [-0.15, -0.1) is 0 Å². The number of carbonyl (C=O) groups is 3. The number of phenolic OH excluding ortho intramolecular Hbond substituents is 1. The molecule has 6 N–H and O–H groups in total. The molecule has 0 saturated carbocycles. The normalized spacial score (nSPS) is 11.5. The Hall–Kier alpha value is -2.61. The van der Waals surface area contributed by atoms with Crippen LogP contribution in [-0.2, 0) is 20.8 Å². The third kappa shape index (κ3) is 5.91. The molecule has 0 radical (unpaired) electrons. The van der Waals surface area contributed by atoms with Crippen LogP contribution in [-0.4, -0.2) is 47.1 Å². The molecule has 0 aliphatic carbocycles. The van der Waals surface area contributed by atoms with Crippen LogP contribution in [0.5, 0.6) is 5.75 Å². The van der Waals surface area contributed by atoms with Gasteiger partial charge in [0.05, 0.1) is 6.54 Å². The summed E-state index contributed by atoms with van der Waals surface area (Å²) >= 11 is 0. The molecule has 1 aromatic rings. The molecule has 0 saturated heterocycles. The van der Waals surface area contributed by atoms with Crippen molar-refractivity contribution in [2.24, 2.45) is 5.73 Å². The number of aliphatic carboxylic acids is 1. The zero-order chi connectivity index (χ0) is 15.8. The Bertz CT molecular complexity index is 515. The van der Waals surface area contributed by atoms with E-state index in [9.17, 15) is 19.5 Å². The molecule has 0 fully saturated rings. The second-order valence-corrected chi connectivity index (χ2v) is 4.31. The van der Waals surface area contributed by atoms with Crippen molar-refractivity contribution in [3.63, 3.8) is 0 Å². The van der Waals surface area contributed by atoms with Crippen molar-refractivity contribution in [2.45, 2.75) is 12.5 Å². The zero-order valence-electron chi connectivity index (χ0n) is 11.2. The van der Waals surface area contributed by atoms with Crippen molar-refractivity contribution in [1.82, 2.24) is 10.6 Å². The molecule has 8 heteroatoms. The van der Waals surface area contributed by atoms with Crippen molar-refractivity contribution in [1.29, 1.82) is 0 Å². The van der Waals surface area contributed by atoms with E-state index in [1.54, 1.807) is 12.1 Å². The zero-order valence-corrected chi connectivity index (χ0v) is 11.2. The first-order valence-corrected chi connectivity index (χ1v) is 6.19. The maximum absolute atomic E-state index is 11.9. The van der Waals surface area contributed by atoms with Crippen LogP contribution in [0, 0.1) is 0 Å². The number of hydrogen-bond donors (Lipinski definition) is 5. The number of nitrogens with one attached hydrogen (secondary N) is 2. The molecule has 0 spiro atoms. The van der Waals surface area contributed by atoms with E-state index >= 15 is 0 Å². The lowest BCUT2D eigenvalue weighted by atomic mass is 10.0. The van der Waals surface area contributed by atoms with Gasteiger partial charge in [0.2, 0.25) is 11.8 Å². The molecule has 1 atom stereocenters. The number of aromatic hydroxyl groups is 1. The van der Waals surface area contributed by atoms with Crippen molar-refractivity contribution in [3.8, 4) is 5.75 Å². The number of phenols is 1. The summed E-state index contributed by atoms with van der Waals surface area (Å²) in [6.07, 6.45) is 0.150. The third-order valence-electron chi connectivity index (χ3n) is 2.63. The van der Waals surface area contributed by atoms with E-state index in [0.717, 1.165) is 0 Å². The number of rotatable bonds is 7. The Kier molecular flexibility index (Phi) is 6.15. The van der Waals surface area contributed by atoms with Crippen LogP contribution < -0.4 is 16.4 Å². The Morgan fingerprint density at radius 3 is 2.33 bits per heavy atom. The van der Waals surface area contributed by atoms with Crippen molar-refractivity contribution >= 4 is 17.8 Å². The fourth-order valence-corrected chi connectivity index (χ4v) is 1.62. The van der Waals surface area contributed by atoms with Crippen LogP contribution in [0.3, 0.4) is 0 Å². The second kappa shape index (κ2) is 7.85. The Morgan fingerprint density at radius 1 is 1.19 bits per heavy atom. The van der Waals surface area contributed by atoms with Crippen LogP contribution in [0.15, 0.2) is 24.3 Å². The fraction of sp³-hybridized carbons (Fsp3) is 0.308. The highest BCUT2D eigenvalue weighted by molar-refractivity contribution is 5.90. The Morgan fingerprint density at radius 2 is 1.81 bits per heavy atom. The van der Waals surface area contributed by atoms with Gasteiger partial charge in [-0.25, -0.2) is 0 Å². The number of nitrogens with two attached hydrogens (primary N) is 1. The standard InChI is InChI=1S/C13H17N3O5/c14-6-11(18)16-10(13(21)15-7-12(19)20)5-8-1-3-9(17)4-2-8/h1-4,10,17H,5-7,14H2,(H,15,21)(H,16,18)(H,19,20). The van der Waals surface area contributed by atoms with Gasteiger partial charge in [0.1, 0.15) is 18.3 Å². The van der Waals surface area contributed by atoms with E-state index in [0.29, 0.717) is 5.56 Å². The fourth-order valence-electron chi connectivity index (χ4n) is 1.62. The first-order valence-electron chi connectivity index (χ1n) is 6.19. The van der Waals surface area contributed by atoms with Crippen molar-refractivity contribution in [2.75, 3.05) is 13.1 Å². The highest BCUT2D eigenvalue weighted by Gasteiger charge is 2.21. The van der Waals surface area contributed by atoms with Crippen LogP contribution in [0.2, 0.25) is 0 Å². The van der Waals surface area contributed by atoms with E-state index in [1.165, 1.54) is 12.1 Å². The van der Waals surface area contributed by atoms with Gasteiger partial charge in [-0.1, -0.05) is 12.1 Å². The average molecular weight is 295 g/mol. The minimum atomic E-state index is -1.18. The van der Waals surface area contributed by atoms with Gasteiger partial charge >= 0.3 is 5.97 Å². The molecule has 1 unspecified atom stereocenters. The summed E-state index contributed by atoms with van der Waals surface area (Å²) in [4.78, 5) is 33.7. The second-order valence-electron chi connectivity index (χ2n) is 4.31. The van der Waals surface area contributed by atoms with Gasteiger partial charge < -0.3 is 26.6 Å². The minimum absolute atomic E-state index is 0.0802. The number of carboxylic acid groups (broad SMARTS) is 1. The summed E-state index contributed by atoms with van der Waals surface area (Å²) in [6.45, 7) is -0.818. The molecule has 114 valence electrons. The van der Waals surface area contributed by atoms with E-state index in [-0.39, 0.29) is 18.7 Å². The summed E-state index contributed by atoms with van der Waals surface area (Å²) in [6, 6.07) is 5.16. The van der Waals surface area contributed by atoms with E-state index < -0.39 is 30.4 Å².